The molecule has 0 spiro atoms. The first-order valence-electron chi connectivity index (χ1n) is 13.1. The van der Waals surface area contributed by atoms with Gasteiger partial charge in [-0.3, -0.25) is 20.7 Å². The molecule has 1 heterocycles. The number of benzene rings is 3. The van der Waals surface area contributed by atoms with Gasteiger partial charge in [-0.05, 0) is 69.1 Å². The van der Waals surface area contributed by atoms with E-state index < -0.39 is 35.4 Å². The molecule has 13 heteroatoms. The summed E-state index contributed by atoms with van der Waals surface area (Å²) in [6, 6.07) is 17.5. The molecule has 0 aliphatic carbocycles. The number of nitrogens with one attached hydrogen (secondary N) is 2. The van der Waals surface area contributed by atoms with Gasteiger partial charge in [0.2, 0.25) is 0 Å². The van der Waals surface area contributed by atoms with Gasteiger partial charge >= 0.3 is 19.3 Å². The summed E-state index contributed by atoms with van der Waals surface area (Å²) in [5, 5.41) is 15.9. The first-order chi connectivity index (χ1) is 19.9. The van der Waals surface area contributed by atoms with Crippen LogP contribution in [0.3, 0.4) is 0 Å². The predicted octanol–water partition coefficient (Wildman–Crippen LogP) is 5.40. The third kappa shape index (κ3) is 7.36. The maximum Gasteiger partial charge on any atom is 0.494 e. The Morgan fingerprint density at radius 1 is 0.833 bits per heavy atom. The van der Waals surface area contributed by atoms with Gasteiger partial charge < -0.3 is 23.5 Å². The second-order valence-electron chi connectivity index (χ2n) is 10.6. The van der Waals surface area contributed by atoms with E-state index in [0.29, 0.717) is 28.3 Å². The molecule has 2 N–H and O–H groups in total. The van der Waals surface area contributed by atoms with Crippen LogP contribution in [-0.2, 0) is 32.0 Å². The van der Waals surface area contributed by atoms with Crippen molar-refractivity contribution in [3.63, 3.8) is 0 Å². The van der Waals surface area contributed by atoms with E-state index in [2.05, 4.69) is 10.6 Å². The van der Waals surface area contributed by atoms with Gasteiger partial charge in [-0.2, -0.15) is 0 Å². The van der Waals surface area contributed by atoms with Crippen molar-refractivity contribution in [1.82, 2.24) is 0 Å². The molecule has 0 radical (unpaired) electrons. The van der Waals surface area contributed by atoms with Crippen LogP contribution in [0.2, 0.25) is 0 Å². The van der Waals surface area contributed by atoms with Gasteiger partial charge in [-0.15, -0.1) is 0 Å². The minimum Gasteiger partial charge on any atom is -0.496 e. The molecular weight excluding hydrogens is 545 g/mol. The van der Waals surface area contributed by atoms with Gasteiger partial charge in [0.1, 0.15) is 19.0 Å². The number of nitro groups is 1. The summed E-state index contributed by atoms with van der Waals surface area (Å²) in [6.45, 7) is 7.89. The molecule has 1 aliphatic heterocycles. The molecule has 0 aromatic heterocycles. The molecular formula is C29H32BN3O9. The Morgan fingerprint density at radius 3 is 1.88 bits per heavy atom. The lowest BCUT2D eigenvalue weighted by Crippen LogP contribution is -2.41. The fourth-order valence-corrected chi connectivity index (χ4v) is 3.96. The molecule has 220 valence electrons. The van der Waals surface area contributed by atoms with E-state index in [0.717, 1.165) is 5.46 Å². The third-order valence-corrected chi connectivity index (χ3v) is 7.09. The number of rotatable bonds is 9. The van der Waals surface area contributed by atoms with Crippen molar-refractivity contribution in [2.75, 3.05) is 17.7 Å². The van der Waals surface area contributed by atoms with E-state index in [1.165, 1.54) is 31.4 Å². The highest BCUT2D eigenvalue weighted by atomic mass is 16.7. The fourth-order valence-electron chi connectivity index (χ4n) is 3.96. The Balaban J connectivity index is 1.24. The number of anilines is 2. The normalized spacial score (nSPS) is 15.0. The molecule has 0 saturated carbocycles. The zero-order chi connectivity index (χ0) is 30.5. The minimum absolute atomic E-state index is 0.0194. The van der Waals surface area contributed by atoms with E-state index in [4.69, 9.17) is 23.5 Å². The maximum absolute atomic E-state index is 12.4. The fraction of sp³-hybridized carbons (Fsp3) is 0.310. The first-order valence-corrected chi connectivity index (χ1v) is 13.1. The van der Waals surface area contributed by atoms with Crippen molar-refractivity contribution in [2.24, 2.45) is 0 Å². The maximum atomic E-state index is 12.4. The van der Waals surface area contributed by atoms with Crippen LogP contribution in [0.25, 0.3) is 0 Å². The van der Waals surface area contributed by atoms with Crippen LogP contribution < -0.4 is 20.8 Å². The second kappa shape index (κ2) is 12.5. The zero-order valence-corrected chi connectivity index (χ0v) is 24.0. The number of hydrogen-bond donors (Lipinski definition) is 2. The number of carbonyl (C=O) groups is 2. The van der Waals surface area contributed by atoms with Crippen molar-refractivity contribution in [3.05, 3.63) is 88.0 Å². The standard InChI is InChI=1S/C29H32BN3O9/c1-28(2)29(3,4)42-30(41-28)21-9-8-20(25(16-21)38-5)18-40-27(35)31-22-10-6-19(7-11-22)17-39-26(34)32-23-12-14-24(15-13-23)33(36)37/h6-16H,17-18H2,1-5H3,(H,31,35)(H,32,34). The van der Waals surface area contributed by atoms with Crippen molar-refractivity contribution >= 4 is 41.8 Å². The van der Waals surface area contributed by atoms with Gasteiger partial charge in [-0.1, -0.05) is 24.3 Å². The average molecular weight is 577 g/mol. The van der Waals surface area contributed by atoms with E-state index >= 15 is 0 Å². The van der Waals surface area contributed by atoms with E-state index in [1.54, 1.807) is 30.3 Å². The molecule has 0 unspecified atom stereocenters. The Labute approximate surface area is 243 Å². The van der Waals surface area contributed by atoms with Crippen LogP contribution in [0, 0.1) is 10.1 Å². The molecule has 2 amide bonds. The number of hydrogen-bond acceptors (Lipinski definition) is 9. The Bertz CT molecular complexity index is 1430. The molecule has 3 aromatic rings. The minimum atomic E-state index is -0.714. The largest absolute Gasteiger partial charge is 0.496 e. The van der Waals surface area contributed by atoms with Crippen molar-refractivity contribution < 1.29 is 38.0 Å². The summed E-state index contributed by atoms with van der Waals surface area (Å²) in [4.78, 5) is 34.6. The smallest absolute Gasteiger partial charge is 0.494 e. The summed E-state index contributed by atoms with van der Waals surface area (Å²) in [7, 11) is 0.998. The summed E-state index contributed by atoms with van der Waals surface area (Å²) < 4.78 is 28.3. The quantitative estimate of drug-likeness (QED) is 0.194. The number of carbonyl (C=O) groups excluding carboxylic acids is 2. The van der Waals surface area contributed by atoms with Crippen LogP contribution in [0.1, 0.15) is 38.8 Å². The monoisotopic (exact) mass is 577 g/mol. The van der Waals surface area contributed by atoms with Crippen LogP contribution in [0.4, 0.5) is 26.7 Å². The number of amides is 2. The first kappa shape index (κ1) is 30.3. The molecule has 4 rings (SSSR count). The number of ether oxygens (including phenoxy) is 3. The summed E-state index contributed by atoms with van der Waals surface area (Å²) >= 11 is 0. The second-order valence-corrected chi connectivity index (χ2v) is 10.6. The van der Waals surface area contributed by atoms with Crippen LogP contribution in [0.15, 0.2) is 66.7 Å². The van der Waals surface area contributed by atoms with Crippen molar-refractivity contribution in [3.8, 4) is 5.75 Å². The molecule has 1 aliphatic rings. The summed E-state index contributed by atoms with van der Waals surface area (Å²) in [5.74, 6) is 0.539. The lowest BCUT2D eigenvalue weighted by molar-refractivity contribution is -0.384. The van der Waals surface area contributed by atoms with Gasteiger partial charge in [0, 0.05) is 29.1 Å². The van der Waals surface area contributed by atoms with Gasteiger partial charge in [0.15, 0.2) is 0 Å². The van der Waals surface area contributed by atoms with Gasteiger partial charge in [0.05, 0.1) is 23.2 Å². The molecule has 0 bridgehead atoms. The van der Waals surface area contributed by atoms with E-state index in [1.807, 2.05) is 39.8 Å². The highest BCUT2D eigenvalue weighted by Crippen LogP contribution is 2.36. The molecule has 3 aromatic carbocycles. The predicted molar refractivity (Wildman–Crippen MR) is 156 cm³/mol. The SMILES string of the molecule is COc1cc(B2OC(C)(C)C(C)(C)O2)ccc1COC(=O)Nc1ccc(COC(=O)Nc2ccc([N+](=O)[O-])cc2)cc1. The molecule has 0 atom stereocenters. The number of nitrogens with zero attached hydrogens (tertiary/aromatic N) is 1. The molecule has 1 fully saturated rings. The Morgan fingerprint density at radius 2 is 1.36 bits per heavy atom. The van der Waals surface area contributed by atoms with Crippen LogP contribution in [-0.4, -0.2) is 42.5 Å². The van der Waals surface area contributed by atoms with Crippen LogP contribution >= 0.6 is 0 Å². The van der Waals surface area contributed by atoms with Crippen molar-refractivity contribution in [1.29, 1.82) is 0 Å². The highest BCUT2D eigenvalue weighted by molar-refractivity contribution is 6.62. The zero-order valence-electron chi connectivity index (χ0n) is 24.0. The Hall–Kier alpha value is -4.62. The number of nitro benzene ring substituents is 1. The Kier molecular flexibility index (Phi) is 9.03. The molecule has 12 nitrogen and oxygen atoms in total. The van der Waals surface area contributed by atoms with E-state index in [-0.39, 0.29) is 18.9 Å². The van der Waals surface area contributed by atoms with E-state index in [9.17, 15) is 19.7 Å². The highest BCUT2D eigenvalue weighted by Gasteiger charge is 2.51. The van der Waals surface area contributed by atoms with Crippen LogP contribution in [0.5, 0.6) is 5.75 Å². The lowest BCUT2D eigenvalue weighted by Gasteiger charge is -2.32. The third-order valence-electron chi connectivity index (χ3n) is 7.09. The number of non-ortho nitro benzene ring substituents is 1. The van der Waals surface area contributed by atoms with Crippen molar-refractivity contribution in [2.45, 2.75) is 52.1 Å². The topological polar surface area (TPSA) is 147 Å². The van der Waals surface area contributed by atoms with Gasteiger partial charge in [-0.25, -0.2) is 9.59 Å². The summed E-state index contributed by atoms with van der Waals surface area (Å²) in [6.07, 6.45) is -1.37. The average Bonchev–Trinajstić information content (AvgIpc) is 3.18. The van der Waals surface area contributed by atoms with Gasteiger partial charge in [0.25, 0.3) is 5.69 Å². The number of methoxy groups -OCH3 is 1. The molecule has 42 heavy (non-hydrogen) atoms. The summed E-state index contributed by atoms with van der Waals surface area (Å²) in [5.41, 5.74) is 1.98. The molecule has 1 saturated heterocycles. The lowest BCUT2D eigenvalue weighted by atomic mass is 9.78.